The molecule has 0 aromatic heterocycles. The summed E-state index contributed by atoms with van der Waals surface area (Å²) in [7, 11) is 1.57. The molecule has 1 saturated heterocycles. The zero-order valence-corrected chi connectivity index (χ0v) is 15.3. The minimum absolute atomic E-state index is 0.0430. The van der Waals surface area contributed by atoms with Crippen molar-refractivity contribution in [2.75, 3.05) is 19.5 Å². The summed E-state index contributed by atoms with van der Waals surface area (Å²) in [6.45, 7) is 2.59. The van der Waals surface area contributed by atoms with Crippen LogP contribution in [0.15, 0.2) is 36.4 Å². The Bertz CT molecular complexity index is 815. The number of ether oxygens (including phenoxy) is 2. The van der Waals surface area contributed by atoms with E-state index in [4.69, 9.17) is 9.47 Å². The van der Waals surface area contributed by atoms with Crippen LogP contribution >= 0.6 is 11.8 Å². The molecule has 26 heavy (non-hydrogen) atoms. The lowest BCUT2D eigenvalue weighted by atomic mass is 10.1. The Balaban J connectivity index is 1.87. The van der Waals surface area contributed by atoms with Crippen LogP contribution in [0, 0.1) is 11.6 Å². The molecule has 2 aromatic carbocycles. The van der Waals surface area contributed by atoms with Gasteiger partial charge in [-0.2, -0.15) is 0 Å². The fourth-order valence-electron chi connectivity index (χ4n) is 2.85. The molecule has 1 aliphatic rings. The zero-order valence-electron chi connectivity index (χ0n) is 14.5. The van der Waals surface area contributed by atoms with Crippen LogP contribution in [-0.4, -0.2) is 30.3 Å². The molecule has 0 radical (unpaired) electrons. The lowest BCUT2D eigenvalue weighted by molar-refractivity contribution is -0.128. The molecule has 138 valence electrons. The number of carbonyl (C=O) groups excluding carboxylic acids is 1. The summed E-state index contributed by atoms with van der Waals surface area (Å²) >= 11 is 1.49. The first-order valence-corrected chi connectivity index (χ1v) is 9.24. The van der Waals surface area contributed by atoms with Crippen molar-refractivity contribution in [3.05, 3.63) is 59.2 Å². The van der Waals surface area contributed by atoms with Gasteiger partial charge in [0.05, 0.1) is 19.5 Å². The number of benzene rings is 2. The second kappa shape index (κ2) is 7.95. The Labute approximate surface area is 155 Å². The van der Waals surface area contributed by atoms with Crippen molar-refractivity contribution in [3.63, 3.8) is 0 Å². The molecule has 1 atom stereocenters. The summed E-state index contributed by atoms with van der Waals surface area (Å²) < 4.78 is 37.5. The maximum absolute atomic E-state index is 13.5. The van der Waals surface area contributed by atoms with E-state index in [-0.39, 0.29) is 17.8 Å². The number of nitrogens with zero attached hydrogens (tertiary/aromatic N) is 1. The molecule has 1 amide bonds. The molecule has 0 N–H and O–H groups in total. The molecule has 0 spiro atoms. The smallest absolute Gasteiger partial charge is 0.234 e. The van der Waals surface area contributed by atoms with Crippen molar-refractivity contribution in [1.29, 1.82) is 0 Å². The van der Waals surface area contributed by atoms with Crippen molar-refractivity contribution >= 4 is 17.7 Å². The number of hydrogen-bond acceptors (Lipinski definition) is 4. The van der Waals surface area contributed by atoms with Gasteiger partial charge in [-0.3, -0.25) is 4.79 Å². The topological polar surface area (TPSA) is 38.8 Å². The van der Waals surface area contributed by atoms with Crippen molar-refractivity contribution in [3.8, 4) is 11.5 Å². The molecule has 0 bridgehead atoms. The van der Waals surface area contributed by atoms with Crippen LogP contribution in [0.2, 0.25) is 0 Å². The highest BCUT2D eigenvalue weighted by Gasteiger charge is 2.33. The maximum atomic E-state index is 13.5. The standard InChI is InChI=1S/C19H19F2NO3S/c1-3-25-17-9-13(5-7-16(17)24-2)19-22(18(23)11-26-19)10-12-4-6-14(20)15(21)8-12/h4-9,19H,3,10-11H2,1-2H3. The van der Waals surface area contributed by atoms with E-state index in [2.05, 4.69) is 0 Å². The van der Waals surface area contributed by atoms with Gasteiger partial charge in [-0.15, -0.1) is 11.8 Å². The van der Waals surface area contributed by atoms with Crippen molar-refractivity contribution in [1.82, 2.24) is 4.90 Å². The summed E-state index contributed by atoms with van der Waals surface area (Å²) in [5, 5.41) is -0.222. The Morgan fingerprint density at radius 2 is 1.96 bits per heavy atom. The van der Waals surface area contributed by atoms with E-state index in [0.717, 1.165) is 17.7 Å². The first kappa shape index (κ1) is 18.5. The van der Waals surface area contributed by atoms with E-state index in [1.165, 1.54) is 17.8 Å². The third kappa shape index (κ3) is 3.77. The van der Waals surface area contributed by atoms with Gasteiger partial charge in [-0.25, -0.2) is 8.78 Å². The van der Waals surface area contributed by atoms with Gasteiger partial charge in [-0.05, 0) is 42.3 Å². The van der Waals surface area contributed by atoms with Crippen LogP contribution < -0.4 is 9.47 Å². The third-order valence-corrected chi connectivity index (χ3v) is 5.33. The van der Waals surface area contributed by atoms with Crippen LogP contribution in [0.25, 0.3) is 0 Å². The first-order chi connectivity index (χ1) is 12.5. The molecule has 4 nitrogen and oxygen atoms in total. The van der Waals surface area contributed by atoms with Crippen molar-refractivity contribution in [2.45, 2.75) is 18.8 Å². The molecule has 1 aliphatic heterocycles. The summed E-state index contributed by atoms with van der Waals surface area (Å²) in [5.74, 6) is -0.286. The summed E-state index contributed by atoms with van der Waals surface area (Å²) in [6, 6.07) is 9.24. The van der Waals surface area contributed by atoms with Crippen molar-refractivity contribution < 1.29 is 23.0 Å². The highest BCUT2D eigenvalue weighted by atomic mass is 32.2. The van der Waals surface area contributed by atoms with E-state index in [0.29, 0.717) is 29.4 Å². The lowest BCUT2D eigenvalue weighted by Gasteiger charge is -2.25. The Kier molecular flexibility index (Phi) is 5.66. The van der Waals surface area contributed by atoms with Gasteiger partial charge in [0.1, 0.15) is 5.37 Å². The Morgan fingerprint density at radius 1 is 1.15 bits per heavy atom. The molecule has 7 heteroatoms. The van der Waals surface area contributed by atoms with Crippen LogP contribution in [0.5, 0.6) is 11.5 Å². The predicted molar refractivity (Wildman–Crippen MR) is 96.3 cm³/mol. The molecular formula is C19H19F2NO3S. The molecule has 2 aromatic rings. The molecular weight excluding hydrogens is 360 g/mol. The minimum atomic E-state index is -0.915. The number of thioether (sulfide) groups is 1. The van der Waals surface area contributed by atoms with Gasteiger partial charge in [0, 0.05) is 6.54 Å². The molecule has 1 fully saturated rings. The van der Waals surface area contributed by atoms with E-state index in [9.17, 15) is 13.6 Å². The zero-order chi connectivity index (χ0) is 18.7. The Morgan fingerprint density at radius 3 is 2.65 bits per heavy atom. The average molecular weight is 379 g/mol. The van der Waals surface area contributed by atoms with Gasteiger partial charge in [0.15, 0.2) is 23.1 Å². The van der Waals surface area contributed by atoms with Crippen LogP contribution in [0.3, 0.4) is 0 Å². The molecule has 1 unspecified atom stereocenters. The number of hydrogen-bond donors (Lipinski definition) is 0. The lowest BCUT2D eigenvalue weighted by Crippen LogP contribution is -2.27. The molecule has 3 rings (SSSR count). The van der Waals surface area contributed by atoms with Gasteiger partial charge in [0.2, 0.25) is 5.91 Å². The minimum Gasteiger partial charge on any atom is -0.493 e. The summed E-state index contributed by atoms with van der Waals surface area (Å²) in [4.78, 5) is 14.0. The number of amides is 1. The third-order valence-electron chi connectivity index (χ3n) is 4.08. The monoisotopic (exact) mass is 379 g/mol. The second-order valence-electron chi connectivity index (χ2n) is 5.78. The molecule has 1 heterocycles. The number of carbonyl (C=O) groups is 1. The van der Waals surface area contributed by atoms with Crippen LogP contribution in [-0.2, 0) is 11.3 Å². The molecule has 0 aliphatic carbocycles. The highest BCUT2D eigenvalue weighted by molar-refractivity contribution is 8.00. The van der Waals surface area contributed by atoms with Crippen LogP contribution in [0.1, 0.15) is 23.4 Å². The van der Waals surface area contributed by atoms with Gasteiger partial charge in [0.25, 0.3) is 0 Å². The van der Waals surface area contributed by atoms with E-state index < -0.39 is 11.6 Å². The van der Waals surface area contributed by atoms with E-state index in [1.54, 1.807) is 18.1 Å². The molecule has 0 saturated carbocycles. The highest BCUT2D eigenvalue weighted by Crippen LogP contribution is 2.42. The second-order valence-corrected chi connectivity index (χ2v) is 6.85. The Hall–Kier alpha value is -2.28. The largest absolute Gasteiger partial charge is 0.493 e. The SMILES string of the molecule is CCOc1cc(C2SCC(=O)N2Cc2ccc(F)c(F)c2)ccc1OC. The van der Waals surface area contributed by atoms with Gasteiger partial charge in [-0.1, -0.05) is 12.1 Å². The first-order valence-electron chi connectivity index (χ1n) is 8.19. The normalized spacial score (nSPS) is 16.8. The van der Waals surface area contributed by atoms with Gasteiger partial charge < -0.3 is 14.4 Å². The fraction of sp³-hybridized carbons (Fsp3) is 0.316. The van der Waals surface area contributed by atoms with Crippen LogP contribution in [0.4, 0.5) is 8.78 Å². The van der Waals surface area contributed by atoms with Crippen molar-refractivity contribution in [2.24, 2.45) is 0 Å². The summed E-state index contributed by atoms with van der Waals surface area (Å²) in [6.07, 6.45) is 0. The van der Waals surface area contributed by atoms with E-state index >= 15 is 0 Å². The quantitative estimate of drug-likeness (QED) is 0.756. The summed E-state index contributed by atoms with van der Waals surface area (Å²) in [5.41, 5.74) is 1.44. The number of halogens is 2. The number of methoxy groups -OCH3 is 1. The van der Waals surface area contributed by atoms with Gasteiger partial charge >= 0.3 is 0 Å². The van der Waals surface area contributed by atoms with E-state index in [1.807, 2.05) is 19.1 Å². The maximum Gasteiger partial charge on any atom is 0.234 e. The number of rotatable bonds is 6. The average Bonchev–Trinajstić information content (AvgIpc) is 2.99. The predicted octanol–water partition coefficient (Wildman–Crippen LogP) is 4.15. The fourth-order valence-corrected chi connectivity index (χ4v) is 4.03.